The molecular weight excluding hydrogens is 462 g/mol. The molecule has 4 fully saturated rings. The smallest absolute Gasteiger partial charge is 0.263 e. The second-order valence-electron chi connectivity index (χ2n) is 10.7. The van der Waals surface area contributed by atoms with Crippen molar-refractivity contribution in [2.24, 2.45) is 17.3 Å². The molecule has 1 aromatic heterocycles. The highest BCUT2D eigenvalue weighted by Gasteiger charge is 2.55. The number of anilines is 2. The Morgan fingerprint density at radius 1 is 1.15 bits per heavy atom. The predicted molar refractivity (Wildman–Crippen MR) is 127 cm³/mol. The van der Waals surface area contributed by atoms with Gasteiger partial charge < -0.3 is 15.1 Å². The van der Waals surface area contributed by atoms with Crippen LogP contribution in [-0.4, -0.2) is 86.2 Å². The Kier molecular flexibility index (Phi) is 5.06. The summed E-state index contributed by atoms with van der Waals surface area (Å²) in [5.41, 5.74) is 1.15. The molecule has 2 aromatic rings. The zero-order valence-corrected chi connectivity index (χ0v) is 20.2. The molecule has 11 heteroatoms. The monoisotopic (exact) mass is 492 g/mol. The van der Waals surface area contributed by atoms with Crippen LogP contribution in [0.2, 0.25) is 0 Å². The Labute approximate surface area is 198 Å². The molecule has 0 bridgehead atoms. The van der Waals surface area contributed by atoms with Crippen LogP contribution in [0, 0.1) is 17.3 Å². The number of nitrogens with one attached hydrogen (secondary N) is 1. The van der Waals surface area contributed by atoms with E-state index in [2.05, 4.69) is 27.1 Å². The lowest BCUT2D eigenvalue weighted by atomic mass is 9.86. The van der Waals surface area contributed by atoms with E-state index in [1.165, 1.54) is 16.6 Å². The molecule has 0 amide bonds. The number of aromatic nitrogens is 2. The van der Waals surface area contributed by atoms with Crippen molar-refractivity contribution in [1.82, 2.24) is 19.2 Å². The van der Waals surface area contributed by atoms with E-state index in [0.29, 0.717) is 66.6 Å². The zero-order valence-electron chi connectivity index (χ0n) is 19.4. The van der Waals surface area contributed by atoms with E-state index in [1.807, 2.05) is 0 Å². The molecule has 1 spiro atoms. The van der Waals surface area contributed by atoms with Crippen LogP contribution in [-0.2, 0) is 10.0 Å². The first-order valence-corrected chi connectivity index (χ1v) is 13.7. The highest BCUT2D eigenvalue weighted by Crippen LogP contribution is 2.47. The first-order chi connectivity index (χ1) is 16.1. The van der Waals surface area contributed by atoms with E-state index in [0.717, 1.165) is 25.9 Å². The summed E-state index contributed by atoms with van der Waals surface area (Å²) >= 11 is 0. The minimum absolute atomic E-state index is 0.0447. The maximum atomic E-state index is 13.7. The molecule has 2 unspecified atom stereocenters. The number of piperidine rings is 1. The number of hydrogen-bond acceptors (Lipinski definition) is 7. The van der Waals surface area contributed by atoms with E-state index in [4.69, 9.17) is 4.98 Å². The van der Waals surface area contributed by atoms with Crippen molar-refractivity contribution < 1.29 is 17.2 Å². The summed E-state index contributed by atoms with van der Waals surface area (Å²) in [7, 11) is -1.11. The number of alkyl halides is 2. The Balaban J connectivity index is 1.30. The molecule has 4 atom stereocenters. The summed E-state index contributed by atoms with van der Waals surface area (Å²) in [6, 6.07) is 3.39. The number of nitrogens with zero attached hydrogens (tertiary/aromatic N) is 5. The van der Waals surface area contributed by atoms with Gasteiger partial charge in [0.05, 0.1) is 17.5 Å². The average Bonchev–Trinajstić information content (AvgIpc) is 3.22. The van der Waals surface area contributed by atoms with Gasteiger partial charge in [-0.15, -0.1) is 0 Å². The van der Waals surface area contributed by atoms with Gasteiger partial charge in [-0.25, -0.2) is 31.5 Å². The third-order valence-corrected chi connectivity index (χ3v) is 9.51. The van der Waals surface area contributed by atoms with Gasteiger partial charge in [0.25, 0.3) is 6.43 Å². The average molecular weight is 493 g/mol. The minimum Gasteiger partial charge on any atom is -0.369 e. The highest BCUT2D eigenvalue weighted by molar-refractivity contribution is 7.88. The van der Waals surface area contributed by atoms with Gasteiger partial charge in [0, 0.05) is 67.9 Å². The van der Waals surface area contributed by atoms with Crippen LogP contribution in [0.1, 0.15) is 24.8 Å². The summed E-state index contributed by atoms with van der Waals surface area (Å²) < 4.78 is 53.1. The van der Waals surface area contributed by atoms with Crippen molar-refractivity contribution in [2.45, 2.75) is 25.3 Å². The molecule has 3 saturated heterocycles. The molecule has 1 aromatic carbocycles. The van der Waals surface area contributed by atoms with Crippen molar-refractivity contribution in [3.63, 3.8) is 0 Å². The second-order valence-corrected chi connectivity index (χ2v) is 12.7. The molecule has 4 heterocycles. The Morgan fingerprint density at radius 3 is 2.56 bits per heavy atom. The quantitative estimate of drug-likeness (QED) is 0.687. The van der Waals surface area contributed by atoms with Crippen LogP contribution in [0.3, 0.4) is 0 Å². The highest BCUT2D eigenvalue weighted by atomic mass is 32.2. The Morgan fingerprint density at radius 2 is 1.88 bits per heavy atom. The fourth-order valence-electron chi connectivity index (χ4n) is 6.34. The number of likely N-dealkylation sites (tertiary alicyclic amines) is 1. The maximum absolute atomic E-state index is 13.7. The molecule has 1 saturated carbocycles. The van der Waals surface area contributed by atoms with Crippen LogP contribution in [0.4, 0.5) is 20.4 Å². The van der Waals surface area contributed by atoms with Gasteiger partial charge in [-0.1, -0.05) is 0 Å². The van der Waals surface area contributed by atoms with Gasteiger partial charge in [-0.3, -0.25) is 0 Å². The fraction of sp³-hybridized carbons (Fsp3) is 0.652. The number of sulfonamides is 1. The third kappa shape index (κ3) is 3.81. The first kappa shape index (κ1) is 22.4. The first-order valence-electron chi connectivity index (χ1n) is 11.9. The molecule has 1 aliphatic carbocycles. The van der Waals surface area contributed by atoms with E-state index < -0.39 is 16.4 Å². The summed E-state index contributed by atoms with van der Waals surface area (Å²) in [4.78, 5) is 13.7. The van der Waals surface area contributed by atoms with Gasteiger partial charge in [0.2, 0.25) is 16.0 Å². The van der Waals surface area contributed by atoms with Gasteiger partial charge in [0.15, 0.2) is 0 Å². The normalized spacial score (nSPS) is 31.8. The minimum atomic E-state index is -3.24. The number of halogens is 2. The molecule has 6 rings (SSSR count). The lowest BCUT2D eigenvalue weighted by Gasteiger charge is -2.26. The standard InChI is InChI=1S/C23H30F2N6O2S/c1-29-10-16-17(11-29)20(16)28-22-26-9-15-7-14(21(24)25)8-18(19(15)27-22)30-5-3-23(12-30)4-6-31(13-23)34(2,32)33/h7-9,16-17,20-21H,3-6,10-13H2,1-2H3,(H,26,27,28)/t16-,17+,20?,23?. The van der Waals surface area contributed by atoms with Crippen LogP contribution in [0.15, 0.2) is 18.3 Å². The van der Waals surface area contributed by atoms with E-state index in [1.54, 1.807) is 12.3 Å². The van der Waals surface area contributed by atoms with Crippen LogP contribution >= 0.6 is 0 Å². The van der Waals surface area contributed by atoms with Gasteiger partial charge in [0.1, 0.15) is 0 Å². The van der Waals surface area contributed by atoms with Gasteiger partial charge in [-0.05, 0) is 43.9 Å². The number of benzene rings is 1. The lowest BCUT2D eigenvalue weighted by molar-refractivity contribution is 0.151. The SMILES string of the molecule is CN1C[C@@H]2C(Nc3ncc4cc(C(F)F)cc(N5CCC6(CCN(S(C)(=O)=O)C6)C5)c4n3)[C@@H]2C1. The van der Waals surface area contributed by atoms with Crippen LogP contribution in [0.5, 0.6) is 0 Å². The maximum Gasteiger partial charge on any atom is 0.263 e. The third-order valence-electron chi connectivity index (χ3n) is 8.26. The van der Waals surface area contributed by atoms with E-state index in [9.17, 15) is 17.2 Å². The topological polar surface area (TPSA) is 81.7 Å². The van der Waals surface area contributed by atoms with Crippen molar-refractivity contribution in [3.8, 4) is 0 Å². The largest absolute Gasteiger partial charge is 0.369 e. The molecular formula is C23H30F2N6O2S. The number of rotatable bonds is 5. The lowest BCUT2D eigenvalue weighted by Crippen LogP contribution is -2.33. The summed E-state index contributed by atoms with van der Waals surface area (Å²) in [6.45, 7) is 4.45. The van der Waals surface area contributed by atoms with Crippen LogP contribution < -0.4 is 10.2 Å². The van der Waals surface area contributed by atoms with Crippen molar-refractivity contribution in [1.29, 1.82) is 0 Å². The number of fused-ring (bicyclic) bond motifs is 2. The van der Waals surface area contributed by atoms with Crippen molar-refractivity contribution in [3.05, 3.63) is 23.9 Å². The summed E-state index contributed by atoms with van der Waals surface area (Å²) in [5.74, 6) is 1.77. The van der Waals surface area contributed by atoms with Gasteiger partial charge in [-0.2, -0.15) is 0 Å². The molecule has 4 aliphatic rings. The molecule has 1 N–H and O–H groups in total. The number of hydrogen-bond donors (Lipinski definition) is 1. The molecule has 8 nitrogen and oxygen atoms in total. The second kappa shape index (κ2) is 7.69. The van der Waals surface area contributed by atoms with Crippen LogP contribution in [0.25, 0.3) is 10.9 Å². The predicted octanol–water partition coefficient (Wildman–Crippen LogP) is 2.40. The molecule has 0 radical (unpaired) electrons. The van der Waals surface area contributed by atoms with Crippen molar-refractivity contribution in [2.75, 3.05) is 62.8 Å². The fourth-order valence-corrected chi connectivity index (χ4v) is 7.27. The van der Waals surface area contributed by atoms with Gasteiger partial charge >= 0.3 is 0 Å². The zero-order chi connectivity index (χ0) is 23.8. The summed E-state index contributed by atoms with van der Waals surface area (Å²) in [6.07, 6.45) is 1.90. The summed E-state index contributed by atoms with van der Waals surface area (Å²) in [5, 5.41) is 4.06. The Hall–Kier alpha value is -2.11. The van der Waals surface area contributed by atoms with Crippen molar-refractivity contribution >= 4 is 32.6 Å². The molecule has 184 valence electrons. The Bertz CT molecular complexity index is 1230. The molecule has 34 heavy (non-hydrogen) atoms. The van der Waals surface area contributed by atoms with E-state index >= 15 is 0 Å². The van der Waals surface area contributed by atoms with E-state index in [-0.39, 0.29) is 11.0 Å². The molecule has 3 aliphatic heterocycles.